The standard InChI is InChI=1S/C9H11BrN2O/c10-7-1-2-9(11-5-7)12-4-3-8(13)6-12/h1-2,5,8,13H,3-4,6H2/t8-/m0/s1. The molecule has 0 saturated carbocycles. The highest BCUT2D eigenvalue weighted by Crippen LogP contribution is 2.19. The van der Waals surface area contributed by atoms with Crippen molar-refractivity contribution in [3.05, 3.63) is 22.8 Å². The van der Waals surface area contributed by atoms with Crippen molar-refractivity contribution in [1.29, 1.82) is 0 Å². The molecule has 0 radical (unpaired) electrons. The van der Waals surface area contributed by atoms with Crippen LogP contribution in [0.5, 0.6) is 0 Å². The van der Waals surface area contributed by atoms with Gasteiger partial charge in [-0.3, -0.25) is 0 Å². The first-order chi connectivity index (χ1) is 6.25. The molecule has 0 aromatic carbocycles. The molecule has 70 valence electrons. The molecule has 4 heteroatoms. The highest BCUT2D eigenvalue weighted by atomic mass is 79.9. The Bertz CT molecular complexity index is 288. The van der Waals surface area contributed by atoms with Crippen LogP contribution < -0.4 is 4.90 Å². The number of β-amino-alcohol motifs (C(OH)–C–C–N with tert-alkyl or cyclic N) is 1. The summed E-state index contributed by atoms with van der Waals surface area (Å²) in [5.74, 6) is 0.944. The van der Waals surface area contributed by atoms with E-state index in [2.05, 4.69) is 25.8 Å². The number of nitrogens with zero attached hydrogens (tertiary/aromatic N) is 2. The molecule has 1 saturated heterocycles. The number of aromatic nitrogens is 1. The summed E-state index contributed by atoms with van der Waals surface area (Å²) in [4.78, 5) is 6.36. The molecule has 0 aliphatic carbocycles. The highest BCUT2D eigenvalue weighted by Gasteiger charge is 2.20. The Morgan fingerprint density at radius 2 is 2.38 bits per heavy atom. The first-order valence-corrected chi connectivity index (χ1v) is 5.09. The van der Waals surface area contributed by atoms with E-state index in [0.717, 1.165) is 23.3 Å². The lowest BCUT2D eigenvalue weighted by Crippen LogP contribution is -2.21. The lowest BCUT2D eigenvalue weighted by Gasteiger charge is -2.15. The zero-order valence-corrected chi connectivity index (χ0v) is 8.74. The molecule has 1 aliphatic rings. The predicted octanol–water partition coefficient (Wildman–Crippen LogP) is 1.42. The zero-order chi connectivity index (χ0) is 9.26. The van der Waals surface area contributed by atoms with E-state index < -0.39 is 0 Å². The largest absolute Gasteiger partial charge is 0.391 e. The predicted molar refractivity (Wildman–Crippen MR) is 54.8 cm³/mol. The minimum Gasteiger partial charge on any atom is -0.391 e. The lowest BCUT2D eigenvalue weighted by atomic mass is 10.3. The van der Waals surface area contributed by atoms with Crippen molar-refractivity contribution in [1.82, 2.24) is 4.98 Å². The minimum atomic E-state index is -0.189. The Labute approximate surface area is 85.5 Å². The van der Waals surface area contributed by atoms with E-state index in [1.807, 2.05) is 12.1 Å². The normalized spacial score (nSPS) is 22.3. The summed E-state index contributed by atoms with van der Waals surface area (Å²) < 4.78 is 0.982. The van der Waals surface area contributed by atoms with Gasteiger partial charge in [-0.25, -0.2) is 4.98 Å². The van der Waals surface area contributed by atoms with E-state index in [9.17, 15) is 5.11 Å². The summed E-state index contributed by atoms with van der Waals surface area (Å²) in [5.41, 5.74) is 0. The first-order valence-electron chi connectivity index (χ1n) is 4.30. The molecule has 1 atom stereocenters. The van der Waals surface area contributed by atoms with Gasteiger partial charge in [0.15, 0.2) is 0 Å². The maximum Gasteiger partial charge on any atom is 0.128 e. The third kappa shape index (κ3) is 2.00. The number of aliphatic hydroxyl groups is 1. The second kappa shape index (κ2) is 3.64. The van der Waals surface area contributed by atoms with Crippen molar-refractivity contribution in [2.45, 2.75) is 12.5 Å². The highest BCUT2D eigenvalue weighted by molar-refractivity contribution is 9.10. The molecule has 1 N–H and O–H groups in total. The molecule has 0 spiro atoms. The van der Waals surface area contributed by atoms with Gasteiger partial charge in [-0.1, -0.05) is 0 Å². The molecule has 1 aromatic heterocycles. The van der Waals surface area contributed by atoms with Gasteiger partial charge in [0.05, 0.1) is 6.10 Å². The van der Waals surface area contributed by atoms with E-state index in [0.29, 0.717) is 6.54 Å². The van der Waals surface area contributed by atoms with Crippen molar-refractivity contribution in [2.24, 2.45) is 0 Å². The summed E-state index contributed by atoms with van der Waals surface area (Å²) >= 11 is 3.34. The summed E-state index contributed by atoms with van der Waals surface area (Å²) in [5, 5.41) is 9.34. The lowest BCUT2D eigenvalue weighted by molar-refractivity contribution is 0.198. The van der Waals surface area contributed by atoms with Crippen LogP contribution >= 0.6 is 15.9 Å². The van der Waals surface area contributed by atoms with Gasteiger partial charge in [-0.15, -0.1) is 0 Å². The average molecular weight is 243 g/mol. The number of rotatable bonds is 1. The van der Waals surface area contributed by atoms with Gasteiger partial charge in [0.1, 0.15) is 5.82 Å². The summed E-state index contributed by atoms with van der Waals surface area (Å²) in [6, 6.07) is 3.93. The van der Waals surface area contributed by atoms with Crippen molar-refractivity contribution in [3.8, 4) is 0 Å². The average Bonchev–Trinajstić information content (AvgIpc) is 2.53. The summed E-state index contributed by atoms with van der Waals surface area (Å²) in [7, 11) is 0. The molecule has 0 amide bonds. The third-order valence-corrected chi connectivity index (χ3v) is 2.67. The van der Waals surface area contributed by atoms with Crippen molar-refractivity contribution < 1.29 is 5.11 Å². The molecule has 1 fully saturated rings. The van der Waals surface area contributed by atoms with Crippen LogP contribution in [-0.2, 0) is 0 Å². The molecule has 2 rings (SSSR count). The number of anilines is 1. The molecule has 2 heterocycles. The van der Waals surface area contributed by atoms with Crippen molar-refractivity contribution >= 4 is 21.7 Å². The Balaban J connectivity index is 2.13. The molecule has 1 aliphatic heterocycles. The van der Waals surface area contributed by atoms with Gasteiger partial charge in [0.25, 0.3) is 0 Å². The Kier molecular flexibility index (Phi) is 2.51. The molecule has 1 aromatic rings. The van der Waals surface area contributed by atoms with Crippen LogP contribution in [0.3, 0.4) is 0 Å². The van der Waals surface area contributed by atoms with Crippen LogP contribution in [0.1, 0.15) is 6.42 Å². The second-order valence-electron chi connectivity index (χ2n) is 3.22. The van der Waals surface area contributed by atoms with Gasteiger partial charge < -0.3 is 10.0 Å². The summed E-state index contributed by atoms with van der Waals surface area (Å²) in [6.45, 7) is 1.60. The van der Waals surface area contributed by atoms with Gasteiger partial charge in [-0.2, -0.15) is 0 Å². The van der Waals surface area contributed by atoms with Crippen LogP contribution in [0.25, 0.3) is 0 Å². The molecule has 3 nitrogen and oxygen atoms in total. The van der Waals surface area contributed by atoms with Gasteiger partial charge in [0.2, 0.25) is 0 Å². The number of aliphatic hydroxyl groups excluding tert-OH is 1. The Morgan fingerprint density at radius 1 is 1.54 bits per heavy atom. The smallest absolute Gasteiger partial charge is 0.128 e. The topological polar surface area (TPSA) is 36.4 Å². The fourth-order valence-corrected chi connectivity index (χ4v) is 1.74. The van der Waals surface area contributed by atoms with Crippen molar-refractivity contribution in [3.63, 3.8) is 0 Å². The van der Waals surface area contributed by atoms with Gasteiger partial charge >= 0.3 is 0 Å². The zero-order valence-electron chi connectivity index (χ0n) is 7.15. The fraction of sp³-hybridized carbons (Fsp3) is 0.444. The number of halogens is 1. The number of hydrogen-bond donors (Lipinski definition) is 1. The van der Waals surface area contributed by atoms with E-state index in [1.54, 1.807) is 6.20 Å². The van der Waals surface area contributed by atoms with Crippen LogP contribution in [0.2, 0.25) is 0 Å². The maximum atomic E-state index is 9.34. The monoisotopic (exact) mass is 242 g/mol. The van der Waals surface area contributed by atoms with Gasteiger partial charge in [-0.05, 0) is 34.5 Å². The minimum absolute atomic E-state index is 0.189. The quantitative estimate of drug-likeness (QED) is 0.810. The number of hydrogen-bond acceptors (Lipinski definition) is 3. The Hall–Kier alpha value is -0.610. The van der Waals surface area contributed by atoms with E-state index in [-0.39, 0.29) is 6.10 Å². The molecule has 13 heavy (non-hydrogen) atoms. The summed E-state index contributed by atoms with van der Waals surface area (Å²) in [6.07, 6.45) is 2.43. The van der Waals surface area contributed by atoms with Gasteiger partial charge in [0, 0.05) is 23.8 Å². The third-order valence-electron chi connectivity index (χ3n) is 2.20. The van der Waals surface area contributed by atoms with Crippen molar-refractivity contribution in [2.75, 3.05) is 18.0 Å². The van der Waals surface area contributed by atoms with Crippen LogP contribution in [0, 0.1) is 0 Å². The number of pyridine rings is 1. The second-order valence-corrected chi connectivity index (χ2v) is 4.14. The van der Waals surface area contributed by atoms with Crippen LogP contribution in [0.4, 0.5) is 5.82 Å². The first kappa shape index (κ1) is 8.97. The van der Waals surface area contributed by atoms with Crippen LogP contribution in [-0.4, -0.2) is 29.3 Å². The van der Waals surface area contributed by atoms with E-state index >= 15 is 0 Å². The maximum absolute atomic E-state index is 9.34. The molecular formula is C9H11BrN2O. The van der Waals surface area contributed by atoms with E-state index in [4.69, 9.17) is 0 Å². The Morgan fingerprint density at radius 3 is 2.92 bits per heavy atom. The molecular weight excluding hydrogens is 232 g/mol. The molecule has 0 unspecified atom stereocenters. The SMILES string of the molecule is O[C@H]1CCN(c2ccc(Br)cn2)C1. The molecule has 0 bridgehead atoms. The van der Waals surface area contributed by atoms with Crippen LogP contribution in [0.15, 0.2) is 22.8 Å². The van der Waals surface area contributed by atoms with E-state index in [1.165, 1.54) is 0 Å². The fourth-order valence-electron chi connectivity index (χ4n) is 1.50.